The molecule has 25 heavy (non-hydrogen) atoms. The summed E-state index contributed by atoms with van der Waals surface area (Å²) in [5.41, 5.74) is 1.17. The van der Waals surface area contributed by atoms with Crippen LogP contribution in [-0.2, 0) is 20.5 Å². The fourth-order valence-electron chi connectivity index (χ4n) is 2.17. The number of sulfonamides is 1. The zero-order valence-electron chi connectivity index (χ0n) is 14.1. The minimum atomic E-state index is -3.69. The first kappa shape index (κ1) is 18.6. The quantitative estimate of drug-likeness (QED) is 0.758. The Balaban J connectivity index is 2.18. The summed E-state index contributed by atoms with van der Waals surface area (Å²) in [5.74, 6) is 0.148. The molecule has 0 radical (unpaired) electrons. The van der Waals surface area contributed by atoms with Crippen LogP contribution in [0, 0.1) is 0 Å². The number of hydrogen-bond acceptors (Lipinski definition) is 6. The highest BCUT2D eigenvalue weighted by Gasteiger charge is 2.16. The summed E-state index contributed by atoms with van der Waals surface area (Å²) in [5, 5.41) is 0. The minimum absolute atomic E-state index is 0.255. The second kappa shape index (κ2) is 7.89. The van der Waals surface area contributed by atoms with E-state index in [1.54, 1.807) is 24.3 Å². The molecule has 0 aliphatic rings. The Hall–Kier alpha value is -2.74. The lowest BCUT2D eigenvalue weighted by Gasteiger charge is -2.13. The number of ether oxygens (including phenoxy) is 3. The van der Waals surface area contributed by atoms with E-state index in [1.807, 2.05) is 0 Å². The highest BCUT2D eigenvalue weighted by atomic mass is 32.2. The van der Waals surface area contributed by atoms with Crippen molar-refractivity contribution < 1.29 is 27.4 Å². The van der Waals surface area contributed by atoms with Gasteiger partial charge in [0.1, 0.15) is 11.5 Å². The second-order valence-electron chi connectivity index (χ2n) is 5.12. The summed E-state index contributed by atoms with van der Waals surface area (Å²) in [6.07, 6.45) is 0. The molecule has 0 saturated heterocycles. The minimum Gasteiger partial charge on any atom is -0.497 e. The molecule has 0 aromatic heterocycles. The van der Waals surface area contributed by atoms with Crippen molar-refractivity contribution in [3.8, 4) is 11.5 Å². The van der Waals surface area contributed by atoms with Crippen LogP contribution in [0.5, 0.6) is 11.5 Å². The van der Waals surface area contributed by atoms with Gasteiger partial charge in [-0.2, -0.15) is 0 Å². The smallest absolute Gasteiger partial charge is 0.337 e. The highest BCUT2D eigenvalue weighted by molar-refractivity contribution is 7.91. The third-order valence-electron chi connectivity index (χ3n) is 3.40. The Kier molecular flexibility index (Phi) is 5.87. The third kappa shape index (κ3) is 4.87. The highest BCUT2D eigenvalue weighted by Crippen LogP contribution is 2.30. The van der Waals surface area contributed by atoms with Crippen molar-refractivity contribution in [2.75, 3.05) is 26.1 Å². The average molecular weight is 365 g/mol. The lowest BCUT2D eigenvalue weighted by molar-refractivity contribution is 0.0600. The maximum Gasteiger partial charge on any atom is 0.337 e. The summed E-state index contributed by atoms with van der Waals surface area (Å²) >= 11 is 0. The van der Waals surface area contributed by atoms with Gasteiger partial charge in [0.25, 0.3) is 0 Å². The molecule has 8 heteroatoms. The first-order valence-electron chi connectivity index (χ1n) is 7.28. The lowest BCUT2D eigenvalue weighted by Crippen LogP contribution is -2.16. The summed E-state index contributed by atoms with van der Waals surface area (Å²) in [7, 11) is 0.537. The van der Waals surface area contributed by atoms with E-state index in [9.17, 15) is 13.2 Å². The van der Waals surface area contributed by atoms with Crippen LogP contribution in [0.15, 0.2) is 42.5 Å². The van der Waals surface area contributed by atoms with Gasteiger partial charge >= 0.3 is 5.97 Å². The van der Waals surface area contributed by atoms with Crippen molar-refractivity contribution in [2.24, 2.45) is 0 Å². The van der Waals surface area contributed by atoms with E-state index in [0.717, 1.165) is 0 Å². The van der Waals surface area contributed by atoms with Crippen molar-refractivity contribution in [3.63, 3.8) is 0 Å². The standard InChI is InChI=1S/C17H19NO6S/c1-22-14-8-9-16(23-2)15(10-14)18-25(20,21)11-12-4-6-13(7-5-12)17(19)24-3/h4-10,18H,11H2,1-3H3. The number of nitrogens with one attached hydrogen (secondary N) is 1. The van der Waals surface area contributed by atoms with Crippen molar-refractivity contribution in [3.05, 3.63) is 53.6 Å². The second-order valence-corrected chi connectivity index (χ2v) is 6.84. The van der Waals surface area contributed by atoms with E-state index in [2.05, 4.69) is 9.46 Å². The van der Waals surface area contributed by atoms with Crippen LogP contribution in [0.2, 0.25) is 0 Å². The Morgan fingerprint density at radius 2 is 1.68 bits per heavy atom. The van der Waals surface area contributed by atoms with Gasteiger partial charge in [-0.1, -0.05) is 12.1 Å². The van der Waals surface area contributed by atoms with Crippen LogP contribution in [0.1, 0.15) is 15.9 Å². The van der Waals surface area contributed by atoms with Gasteiger partial charge in [0.2, 0.25) is 10.0 Å². The van der Waals surface area contributed by atoms with E-state index in [1.165, 1.54) is 39.5 Å². The van der Waals surface area contributed by atoms with E-state index in [0.29, 0.717) is 22.6 Å². The van der Waals surface area contributed by atoms with E-state index < -0.39 is 16.0 Å². The zero-order chi connectivity index (χ0) is 18.4. The molecule has 2 aromatic carbocycles. The third-order valence-corrected chi connectivity index (χ3v) is 4.65. The van der Waals surface area contributed by atoms with Gasteiger partial charge in [-0.3, -0.25) is 4.72 Å². The van der Waals surface area contributed by atoms with Crippen LogP contribution in [0.3, 0.4) is 0 Å². The molecule has 0 aliphatic heterocycles. The fourth-order valence-corrected chi connectivity index (χ4v) is 3.37. The van der Waals surface area contributed by atoms with E-state index in [-0.39, 0.29) is 11.4 Å². The van der Waals surface area contributed by atoms with Crippen molar-refractivity contribution in [2.45, 2.75) is 5.75 Å². The molecule has 0 heterocycles. The van der Waals surface area contributed by atoms with Gasteiger partial charge in [-0.15, -0.1) is 0 Å². The van der Waals surface area contributed by atoms with Crippen LogP contribution < -0.4 is 14.2 Å². The van der Waals surface area contributed by atoms with Crippen LogP contribution in [-0.4, -0.2) is 35.7 Å². The molecule has 0 bridgehead atoms. The van der Waals surface area contributed by atoms with Gasteiger partial charge in [0.05, 0.1) is 38.3 Å². The number of methoxy groups -OCH3 is 3. The molecule has 0 amide bonds. The molecule has 0 saturated carbocycles. The van der Waals surface area contributed by atoms with E-state index in [4.69, 9.17) is 9.47 Å². The monoisotopic (exact) mass is 365 g/mol. The number of benzene rings is 2. The number of rotatable bonds is 7. The molecule has 0 fully saturated rings. The largest absolute Gasteiger partial charge is 0.497 e. The molecule has 2 aromatic rings. The predicted octanol–water partition coefficient (Wildman–Crippen LogP) is 2.43. The SMILES string of the molecule is COC(=O)c1ccc(CS(=O)(=O)Nc2cc(OC)ccc2OC)cc1. The average Bonchev–Trinajstić information content (AvgIpc) is 2.60. The van der Waals surface area contributed by atoms with Gasteiger partial charge in [0, 0.05) is 6.07 Å². The number of anilines is 1. The maximum atomic E-state index is 12.4. The summed E-state index contributed by atoms with van der Waals surface area (Å²) in [6, 6.07) is 11.0. The molecular weight excluding hydrogens is 346 g/mol. The fraction of sp³-hybridized carbons (Fsp3) is 0.235. The number of esters is 1. The summed E-state index contributed by atoms with van der Waals surface area (Å²) < 4.78 is 42.2. The van der Waals surface area contributed by atoms with Gasteiger partial charge < -0.3 is 14.2 Å². The molecular formula is C17H19NO6S. The molecule has 1 N–H and O–H groups in total. The zero-order valence-corrected chi connectivity index (χ0v) is 14.9. The van der Waals surface area contributed by atoms with Crippen molar-refractivity contribution in [1.29, 1.82) is 0 Å². The van der Waals surface area contributed by atoms with Gasteiger partial charge in [0.15, 0.2) is 0 Å². The maximum absolute atomic E-state index is 12.4. The first-order chi connectivity index (χ1) is 11.9. The van der Waals surface area contributed by atoms with Crippen LogP contribution in [0.4, 0.5) is 5.69 Å². The number of carbonyl (C=O) groups is 1. The molecule has 0 atom stereocenters. The van der Waals surface area contributed by atoms with Crippen molar-refractivity contribution in [1.82, 2.24) is 0 Å². The Morgan fingerprint density at radius 1 is 1.00 bits per heavy atom. The Morgan fingerprint density at radius 3 is 2.24 bits per heavy atom. The normalized spacial score (nSPS) is 10.8. The topological polar surface area (TPSA) is 90.9 Å². The van der Waals surface area contributed by atoms with E-state index >= 15 is 0 Å². The summed E-state index contributed by atoms with van der Waals surface area (Å²) in [4.78, 5) is 11.4. The van der Waals surface area contributed by atoms with Gasteiger partial charge in [-0.25, -0.2) is 13.2 Å². The van der Waals surface area contributed by atoms with Crippen LogP contribution >= 0.6 is 0 Å². The molecule has 2 rings (SSSR count). The molecule has 0 spiro atoms. The van der Waals surface area contributed by atoms with Gasteiger partial charge in [-0.05, 0) is 29.8 Å². The first-order valence-corrected chi connectivity index (χ1v) is 8.93. The summed E-state index contributed by atoms with van der Waals surface area (Å²) in [6.45, 7) is 0. The Labute approximate surface area is 146 Å². The van der Waals surface area contributed by atoms with Crippen LogP contribution in [0.25, 0.3) is 0 Å². The lowest BCUT2D eigenvalue weighted by atomic mass is 10.1. The number of hydrogen-bond donors (Lipinski definition) is 1. The molecule has 0 aliphatic carbocycles. The molecule has 134 valence electrons. The molecule has 7 nitrogen and oxygen atoms in total. The molecule has 0 unspecified atom stereocenters. The predicted molar refractivity (Wildman–Crippen MR) is 93.6 cm³/mol. The van der Waals surface area contributed by atoms with Crippen molar-refractivity contribution >= 4 is 21.7 Å². The Bertz CT molecular complexity index is 846. The number of carbonyl (C=O) groups excluding carboxylic acids is 1.